The fraction of sp³-hybridized carbons (Fsp3) is 0.474. The molecule has 1 aromatic heterocycles. The lowest BCUT2D eigenvalue weighted by atomic mass is 10.2. The van der Waals surface area contributed by atoms with Crippen LogP contribution in [0.15, 0.2) is 29.4 Å². The van der Waals surface area contributed by atoms with Crippen LogP contribution in [0.2, 0.25) is 0 Å². The summed E-state index contributed by atoms with van der Waals surface area (Å²) in [7, 11) is -3.10. The van der Waals surface area contributed by atoms with Crippen LogP contribution in [0.25, 0.3) is 5.69 Å². The molecular formula is C19H22N4O5S2. The largest absolute Gasteiger partial charge is 0.461 e. The molecule has 9 nitrogen and oxygen atoms in total. The SMILES string of the molecule is CC(=O)Nc1cccc(-n2c(SCC(=O)O[C@H]3CCS(=O)(=O)C3)nnc2C2CC2)c1. The number of carbonyl (C=O) groups is 2. The van der Waals surface area contributed by atoms with Crippen molar-refractivity contribution in [1.82, 2.24) is 14.8 Å². The first-order valence-corrected chi connectivity index (χ1v) is 12.5. The summed E-state index contributed by atoms with van der Waals surface area (Å²) >= 11 is 1.20. The van der Waals surface area contributed by atoms with E-state index in [1.54, 1.807) is 6.07 Å². The van der Waals surface area contributed by atoms with Crippen molar-refractivity contribution >= 4 is 39.2 Å². The number of hydrogen-bond acceptors (Lipinski definition) is 8. The zero-order chi connectivity index (χ0) is 21.3. The van der Waals surface area contributed by atoms with Crippen molar-refractivity contribution in [3.05, 3.63) is 30.1 Å². The first-order chi connectivity index (χ1) is 14.3. The smallest absolute Gasteiger partial charge is 0.316 e. The number of anilines is 1. The third kappa shape index (κ3) is 5.01. The molecule has 1 N–H and O–H groups in total. The Morgan fingerprint density at radius 2 is 2.07 bits per heavy atom. The van der Waals surface area contributed by atoms with Gasteiger partial charge in [-0.25, -0.2) is 8.42 Å². The molecule has 1 amide bonds. The number of nitrogens with zero attached hydrogens (tertiary/aromatic N) is 3. The van der Waals surface area contributed by atoms with E-state index in [1.165, 1.54) is 18.7 Å². The molecule has 0 unspecified atom stereocenters. The zero-order valence-electron chi connectivity index (χ0n) is 16.4. The Balaban J connectivity index is 1.49. The van der Waals surface area contributed by atoms with Crippen LogP contribution in [0.5, 0.6) is 0 Å². The van der Waals surface area contributed by atoms with E-state index < -0.39 is 21.9 Å². The predicted molar refractivity (Wildman–Crippen MR) is 112 cm³/mol. The van der Waals surface area contributed by atoms with Crippen LogP contribution in [-0.2, 0) is 24.2 Å². The van der Waals surface area contributed by atoms with E-state index in [2.05, 4.69) is 15.5 Å². The lowest BCUT2D eigenvalue weighted by Crippen LogP contribution is -2.20. The lowest BCUT2D eigenvalue weighted by molar-refractivity contribution is -0.144. The predicted octanol–water partition coefficient (Wildman–Crippen LogP) is 1.93. The summed E-state index contributed by atoms with van der Waals surface area (Å²) in [5.41, 5.74) is 1.46. The molecule has 0 bridgehead atoms. The Morgan fingerprint density at radius 3 is 2.73 bits per heavy atom. The van der Waals surface area contributed by atoms with E-state index in [9.17, 15) is 18.0 Å². The van der Waals surface area contributed by atoms with Gasteiger partial charge in [-0.05, 0) is 37.5 Å². The summed E-state index contributed by atoms with van der Waals surface area (Å²) < 4.78 is 30.3. The van der Waals surface area contributed by atoms with Gasteiger partial charge >= 0.3 is 5.97 Å². The number of esters is 1. The van der Waals surface area contributed by atoms with Crippen molar-refractivity contribution in [1.29, 1.82) is 0 Å². The number of hydrogen-bond donors (Lipinski definition) is 1. The summed E-state index contributed by atoms with van der Waals surface area (Å²) in [6.45, 7) is 1.45. The first kappa shape index (κ1) is 20.9. The van der Waals surface area contributed by atoms with Crippen LogP contribution >= 0.6 is 11.8 Å². The van der Waals surface area contributed by atoms with E-state index in [0.29, 0.717) is 23.2 Å². The van der Waals surface area contributed by atoms with Gasteiger partial charge in [0, 0.05) is 18.5 Å². The maximum absolute atomic E-state index is 12.2. The average molecular weight is 451 g/mol. The van der Waals surface area contributed by atoms with Crippen LogP contribution in [0.1, 0.15) is 37.9 Å². The fourth-order valence-electron chi connectivity index (χ4n) is 3.35. The standard InChI is InChI=1S/C19H22N4O5S2/c1-12(24)20-14-3-2-4-15(9-14)23-18(13-5-6-13)21-22-19(23)29-10-17(25)28-16-7-8-30(26,27)11-16/h2-4,9,13,16H,5-8,10-11H2,1H3,(H,20,24)/t16-/m0/s1. The zero-order valence-corrected chi connectivity index (χ0v) is 18.0. The molecule has 4 rings (SSSR count). The van der Waals surface area contributed by atoms with Crippen LogP contribution in [0, 0.1) is 0 Å². The Kier molecular flexibility index (Phi) is 5.83. The average Bonchev–Trinajstić information content (AvgIpc) is 3.34. The molecule has 2 aromatic rings. The number of rotatable bonds is 7. The molecule has 1 saturated heterocycles. The molecule has 0 radical (unpaired) electrons. The van der Waals surface area contributed by atoms with E-state index in [0.717, 1.165) is 24.4 Å². The third-order valence-electron chi connectivity index (χ3n) is 4.83. The summed E-state index contributed by atoms with van der Waals surface area (Å²) in [6.07, 6.45) is 1.84. The second-order valence-corrected chi connectivity index (χ2v) is 10.7. The van der Waals surface area contributed by atoms with Crippen molar-refractivity contribution in [3.8, 4) is 5.69 Å². The molecule has 0 spiro atoms. The van der Waals surface area contributed by atoms with Gasteiger partial charge in [0.1, 0.15) is 11.9 Å². The second kappa shape index (κ2) is 8.38. The van der Waals surface area contributed by atoms with E-state index in [4.69, 9.17) is 4.74 Å². The number of aromatic nitrogens is 3. The molecule has 1 aromatic carbocycles. The summed E-state index contributed by atoms with van der Waals surface area (Å²) in [4.78, 5) is 23.6. The highest BCUT2D eigenvalue weighted by Gasteiger charge is 2.32. The van der Waals surface area contributed by atoms with Crippen LogP contribution in [0.4, 0.5) is 5.69 Å². The Bertz CT molecular complexity index is 1080. The molecular weight excluding hydrogens is 428 g/mol. The number of amides is 1. The molecule has 1 atom stereocenters. The van der Waals surface area contributed by atoms with Crippen molar-refractivity contribution in [2.75, 3.05) is 22.6 Å². The molecule has 160 valence electrons. The quantitative estimate of drug-likeness (QED) is 0.502. The van der Waals surface area contributed by atoms with Crippen molar-refractivity contribution in [2.24, 2.45) is 0 Å². The summed E-state index contributed by atoms with van der Waals surface area (Å²) in [5.74, 6) is 0.467. The normalized spacial score (nSPS) is 20.1. The van der Waals surface area contributed by atoms with E-state index in [-0.39, 0.29) is 23.2 Å². The van der Waals surface area contributed by atoms with Gasteiger partial charge in [0.15, 0.2) is 15.0 Å². The highest BCUT2D eigenvalue weighted by molar-refractivity contribution is 7.99. The minimum Gasteiger partial charge on any atom is -0.461 e. The highest BCUT2D eigenvalue weighted by Crippen LogP contribution is 2.41. The topological polar surface area (TPSA) is 120 Å². The molecule has 2 aliphatic rings. The van der Waals surface area contributed by atoms with Gasteiger partial charge in [0.25, 0.3) is 0 Å². The monoisotopic (exact) mass is 450 g/mol. The number of ether oxygens (including phenoxy) is 1. The Morgan fingerprint density at radius 1 is 1.27 bits per heavy atom. The highest BCUT2D eigenvalue weighted by atomic mass is 32.2. The van der Waals surface area contributed by atoms with Gasteiger partial charge in [-0.3, -0.25) is 14.2 Å². The van der Waals surface area contributed by atoms with Gasteiger partial charge in [0.2, 0.25) is 5.91 Å². The van der Waals surface area contributed by atoms with Gasteiger partial charge < -0.3 is 10.1 Å². The van der Waals surface area contributed by atoms with E-state index >= 15 is 0 Å². The van der Waals surface area contributed by atoms with Gasteiger partial charge in [0.05, 0.1) is 22.9 Å². The molecule has 30 heavy (non-hydrogen) atoms. The lowest BCUT2D eigenvalue weighted by Gasteiger charge is -2.12. The first-order valence-electron chi connectivity index (χ1n) is 9.67. The molecule has 11 heteroatoms. The van der Waals surface area contributed by atoms with E-state index in [1.807, 2.05) is 22.8 Å². The molecule has 1 aliphatic carbocycles. The van der Waals surface area contributed by atoms with Crippen LogP contribution < -0.4 is 5.32 Å². The van der Waals surface area contributed by atoms with Crippen molar-refractivity contribution < 1.29 is 22.7 Å². The van der Waals surface area contributed by atoms with Crippen LogP contribution in [0.3, 0.4) is 0 Å². The fourth-order valence-corrected chi connectivity index (χ4v) is 5.68. The van der Waals surface area contributed by atoms with Gasteiger partial charge in [-0.15, -0.1) is 10.2 Å². The number of sulfone groups is 1. The number of carbonyl (C=O) groups excluding carboxylic acids is 2. The summed E-state index contributed by atoms with van der Waals surface area (Å²) in [5, 5.41) is 11.9. The van der Waals surface area contributed by atoms with Crippen molar-refractivity contribution in [3.63, 3.8) is 0 Å². The van der Waals surface area contributed by atoms with Gasteiger partial charge in [-0.1, -0.05) is 17.8 Å². The van der Waals surface area contributed by atoms with Crippen LogP contribution in [-0.4, -0.2) is 58.4 Å². The molecule has 2 fully saturated rings. The Labute approximate surface area is 178 Å². The molecule has 2 heterocycles. The van der Waals surface area contributed by atoms with Crippen molar-refractivity contribution in [2.45, 2.75) is 43.4 Å². The number of thioether (sulfide) groups is 1. The second-order valence-electron chi connectivity index (χ2n) is 7.49. The maximum atomic E-state index is 12.2. The minimum atomic E-state index is -3.10. The molecule has 1 saturated carbocycles. The molecule has 1 aliphatic heterocycles. The summed E-state index contributed by atoms with van der Waals surface area (Å²) in [6, 6.07) is 7.36. The maximum Gasteiger partial charge on any atom is 0.316 e. The van der Waals surface area contributed by atoms with Gasteiger partial charge in [-0.2, -0.15) is 0 Å². The Hall–Kier alpha value is -2.40. The number of benzene rings is 1. The number of nitrogens with one attached hydrogen (secondary N) is 1. The minimum absolute atomic E-state index is 0.00470. The third-order valence-corrected chi connectivity index (χ3v) is 7.47.